The molecule has 3 rings (SSSR count). The van der Waals surface area contributed by atoms with E-state index in [2.05, 4.69) is 57.5 Å². The molecule has 0 spiro atoms. The minimum atomic E-state index is -1.76. The van der Waals surface area contributed by atoms with Crippen molar-refractivity contribution in [3.63, 3.8) is 0 Å². The Kier molecular flexibility index (Phi) is 23.2. The van der Waals surface area contributed by atoms with Gasteiger partial charge in [-0.3, -0.25) is 47.9 Å². The molecule has 3 aromatic rings. The number of carboxylic acids is 2. The molecule has 0 aliphatic rings. The first-order valence-corrected chi connectivity index (χ1v) is 23.9. The Bertz CT molecular complexity index is 2420. The van der Waals surface area contributed by atoms with Crippen LogP contribution >= 0.6 is 0 Å². The number of aromatic nitrogens is 3. The number of amides is 8. The Labute approximate surface area is 421 Å². The Morgan fingerprint density at radius 3 is 1.71 bits per heavy atom. The first kappa shape index (κ1) is 59.6. The van der Waals surface area contributed by atoms with Crippen LogP contribution in [0.2, 0.25) is 0 Å². The molecule has 25 heteroatoms. The topological polar surface area (TPSA) is 395 Å². The summed E-state index contributed by atoms with van der Waals surface area (Å²) in [5, 5.41) is 39.9. The van der Waals surface area contributed by atoms with Crippen LogP contribution in [0.1, 0.15) is 85.9 Å². The summed E-state index contributed by atoms with van der Waals surface area (Å²) in [5.41, 5.74) is 7.53. The molecule has 0 aliphatic heterocycles. The van der Waals surface area contributed by atoms with Gasteiger partial charge in [-0.25, -0.2) is 4.98 Å². The van der Waals surface area contributed by atoms with Crippen LogP contribution < -0.4 is 48.3 Å². The lowest BCUT2D eigenvalue weighted by molar-refractivity contribution is -0.142. The maximum atomic E-state index is 14.4. The summed E-state index contributed by atoms with van der Waals surface area (Å²) in [5.74, 6) is -12.1. The summed E-state index contributed by atoms with van der Waals surface area (Å²) < 4.78 is 0. The van der Waals surface area contributed by atoms with Gasteiger partial charge in [-0.2, -0.15) is 0 Å². The molecular formula is C48H70N12O13. The highest BCUT2D eigenvalue weighted by Gasteiger charge is 2.37. The highest BCUT2D eigenvalue weighted by atomic mass is 16.4. The van der Waals surface area contributed by atoms with E-state index < -0.39 is 139 Å². The number of aromatic amines is 2. The summed E-state index contributed by atoms with van der Waals surface area (Å²) in [6, 6.07) is -4.03. The number of hydrogen-bond acceptors (Lipinski definition) is 13. The Balaban J connectivity index is 1.94. The number of carbonyl (C=O) groups is 11. The lowest BCUT2D eigenvalue weighted by Gasteiger charge is -2.30. The van der Waals surface area contributed by atoms with Crippen molar-refractivity contribution in [3.8, 4) is 0 Å². The second-order valence-corrected chi connectivity index (χ2v) is 18.8. The number of nitrogens with zero attached hydrogens (tertiary/aromatic N) is 1. The maximum Gasteiger partial charge on any atom is 0.305 e. The van der Waals surface area contributed by atoms with Gasteiger partial charge in [0, 0.05) is 41.8 Å². The highest BCUT2D eigenvalue weighted by molar-refractivity contribution is 5.99. The number of imidazole rings is 1. The van der Waals surface area contributed by atoms with Crippen LogP contribution in [0.3, 0.4) is 0 Å². The third-order valence-electron chi connectivity index (χ3n) is 12.0. The van der Waals surface area contributed by atoms with E-state index in [0.29, 0.717) is 34.9 Å². The van der Waals surface area contributed by atoms with Gasteiger partial charge < -0.3 is 73.2 Å². The van der Waals surface area contributed by atoms with Gasteiger partial charge in [-0.15, -0.1) is 0 Å². The van der Waals surface area contributed by atoms with Gasteiger partial charge in [0.05, 0.1) is 37.8 Å². The van der Waals surface area contributed by atoms with E-state index in [-0.39, 0.29) is 24.7 Å². The fourth-order valence-corrected chi connectivity index (χ4v) is 7.32. The largest absolute Gasteiger partial charge is 0.481 e. The number of aldehydes is 1. The molecule has 0 fully saturated rings. The summed E-state index contributed by atoms with van der Waals surface area (Å²) in [6.07, 6.45) is 2.97. The number of aliphatic carboxylic acids is 2. The minimum Gasteiger partial charge on any atom is -0.481 e. The molecule has 73 heavy (non-hydrogen) atoms. The first-order valence-electron chi connectivity index (χ1n) is 23.9. The lowest BCUT2D eigenvalue weighted by Crippen LogP contribution is -2.62. The molecule has 2 aromatic heterocycles. The number of H-pyrrole nitrogens is 2. The molecule has 8 amide bonds. The molecule has 0 radical (unpaired) electrons. The van der Waals surface area contributed by atoms with Crippen molar-refractivity contribution in [2.24, 2.45) is 29.4 Å². The number of para-hydroxylation sites is 1. The van der Waals surface area contributed by atoms with Crippen LogP contribution in [-0.2, 0) is 65.6 Å². The van der Waals surface area contributed by atoms with Crippen molar-refractivity contribution in [1.29, 1.82) is 0 Å². The number of rotatable bonds is 30. The predicted octanol–water partition coefficient (Wildman–Crippen LogP) is -1.32. The molecule has 0 bridgehead atoms. The molecule has 14 N–H and O–H groups in total. The second kappa shape index (κ2) is 28.4. The first-order chi connectivity index (χ1) is 34.4. The van der Waals surface area contributed by atoms with E-state index in [1.807, 2.05) is 0 Å². The van der Waals surface area contributed by atoms with Gasteiger partial charge >= 0.3 is 11.9 Å². The standard InChI is InChI=1S/C48H70N12O13/c1-9-26(8)41(60-45(70)34(17-38(65)66)56-46(71)39(49)24(4)5)48(73)58-32(15-28-19-50-22-53-28)44(69)59-40(25(6)7)47(72)57-31(14-27-18-51-30-13-11-10-12-29(27)30)43(68)55-33(16-37(63)64)42(67)52-20-36(62)54-35(21-61)23(2)3/h10-13,18-19,21-26,31-35,39-41,51H,9,14-17,20,49H2,1-8H3,(H,50,53)(H,52,67)(H,54,62)(H,55,68)(H,56,71)(H,57,72)(H,58,73)(H,59,69)(H,60,70)(H,63,64)(H,65,66)/t26-,31-,32-,33-,34-,35+,39-,40-,41-/m0/s1. The van der Waals surface area contributed by atoms with Gasteiger partial charge in [0.1, 0.15) is 42.5 Å². The van der Waals surface area contributed by atoms with E-state index in [1.54, 1.807) is 85.9 Å². The Morgan fingerprint density at radius 1 is 0.630 bits per heavy atom. The number of fused-ring (bicyclic) bond motifs is 1. The number of benzene rings is 1. The zero-order valence-electron chi connectivity index (χ0n) is 42.2. The van der Waals surface area contributed by atoms with Crippen LogP contribution in [0.5, 0.6) is 0 Å². The molecule has 9 atom stereocenters. The predicted molar refractivity (Wildman–Crippen MR) is 263 cm³/mol. The second-order valence-electron chi connectivity index (χ2n) is 18.8. The number of hydrogen-bond donors (Lipinski definition) is 13. The summed E-state index contributed by atoms with van der Waals surface area (Å²) in [4.78, 5) is 155. The Hall–Kier alpha value is -7.70. The molecular weight excluding hydrogens is 953 g/mol. The zero-order chi connectivity index (χ0) is 54.7. The van der Waals surface area contributed by atoms with Crippen LogP contribution in [0.15, 0.2) is 43.0 Å². The van der Waals surface area contributed by atoms with Gasteiger partial charge in [0.25, 0.3) is 0 Å². The van der Waals surface area contributed by atoms with Crippen molar-refractivity contribution in [1.82, 2.24) is 57.5 Å². The number of nitrogens with two attached hydrogens (primary N) is 1. The number of nitrogens with one attached hydrogen (secondary N) is 10. The van der Waals surface area contributed by atoms with Crippen LogP contribution in [0, 0.1) is 23.7 Å². The number of carboxylic acid groups (broad SMARTS) is 2. The SMILES string of the molecule is CC[C@H](C)[C@H](NC(=O)[C@H](CC(=O)O)NC(=O)[C@@H](N)C(C)C)C(=O)N[C@@H](Cc1cnc[nH]1)C(=O)N[C@H](C(=O)N[C@@H](Cc1c[nH]c2ccccc12)C(=O)N[C@@H](CC(=O)O)C(=O)NCC(=O)N[C@H](C=O)C(C)C)C(C)C. The van der Waals surface area contributed by atoms with E-state index in [0.717, 1.165) is 0 Å². The molecule has 400 valence electrons. The summed E-state index contributed by atoms with van der Waals surface area (Å²) >= 11 is 0. The molecule has 0 aliphatic carbocycles. The van der Waals surface area contributed by atoms with Crippen molar-refractivity contribution < 1.29 is 63.0 Å². The third kappa shape index (κ3) is 18.5. The van der Waals surface area contributed by atoms with Crippen molar-refractivity contribution in [2.45, 2.75) is 136 Å². The fraction of sp³-hybridized carbons (Fsp3) is 0.542. The average Bonchev–Trinajstić information content (AvgIpc) is 4.01. The van der Waals surface area contributed by atoms with Gasteiger partial charge in [0.15, 0.2) is 0 Å². The zero-order valence-corrected chi connectivity index (χ0v) is 42.2. The molecule has 0 saturated heterocycles. The van der Waals surface area contributed by atoms with E-state index >= 15 is 0 Å². The fourth-order valence-electron chi connectivity index (χ4n) is 7.32. The molecule has 0 saturated carbocycles. The molecule has 2 heterocycles. The van der Waals surface area contributed by atoms with E-state index in [9.17, 15) is 63.0 Å². The number of carbonyl (C=O) groups excluding carboxylic acids is 9. The molecule has 0 unspecified atom stereocenters. The van der Waals surface area contributed by atoms with Gasteiger partial charge in [-0.1, -0.05) is 80.0 Å². The Morgan fingerprint density at radius 2 is 1.16 bits per heavy atom. The maximum absolute atomic E-state index is 14.4. The van der Waals surface area contributed by atoms with Gasteiger partial charge in [-0.05, 0) is 35.3 Å². The third-order valence-corrected chi connectivity index (χ3v) is 12.0. The normalized spacial score (nSPS) is 15.0. The van der Waals surface area contributed by atoms with Crippen LogP contribution in [0.25, 0.3) is 10.9 Å². The highest BCUT2D eigenvalue weighted by Crippen LogP contribution is 2.20. The molecule has 1 aromatic carbocycles. The minimum absolute atomic E-state index is 0.213. The van der Waals surface area contributed by atoms with Crippen LogP contribution in [0.4, 0.5) is 0 Å². The van der Waals surface area contributed by atoms with Crippen molar-refractivity contribution in [2.75, 3.05) is 6.54 Å². The smallest absolute Gasteiger partial charge is 0.305 e. The van der Waals surface area contributed by atoms with Gasteiger partial charge in [0.2, 0.25) is 47.3 Å². The molecule has 25 nitrogen and oxygen atoms in total. The van der Waals surface area contributed by atoms with Crippen molar-refractivity contribution in [3.05, 3.63) is 54.2 Å². The monoisotopic (exact) mass is 1020 g/mol. The van der Waals surface area contributed by atoms with E-state index in [4.69, 9.17) is 5.73 Å². The van der Waals surface area contributed by atoms with E-state index in [1.165, 1.54) is 12.5 Å². The summed E-state index contributed by atoms with van der Waals surface area (Å²) in [6.45, 7) is 12.6. The van der Waals surface area contributed by atoms with Crippen molar-refractivity contribution >= 4 is 76.4 Å². The quantitative estimate of drug-likeness (QED) is 0.0344. The summed E-state index contributed by atoms with van der Waals surface area (Å²) in [7, 11) is 0. The lowest BCUT2D eigenvalue weighted by atomic mass is 9.96. The average molecular weight is 1020 g/mol. The van der Waals surface area contributed by atoms with Crippen LogP contribution in [-0.4, -0.2) is 146 Å².